The van der Waals surface area contributed by atoms with Gasteiger partial charge in [0.2, 0.25) is 10.0 Å². The second-order valence-electron chi connectivity index (χ2n) is 4.28. The van der Waals surface area contributed by atoms with Gasteiger partial charge in [0.1, 0.15) is 4.88 Å². The summed E-state index contributed by atoms with van der Waals surface area (Å²) in [6.07, 6.45) is 1.78. The zero-order valence-electron chi connectivity index (χ0n) is 10.2. The Kier molecular flexibility index (Phi) is 3.48. The summed E-state index contributed by atoms with van der Waals surface area (Å²) < 4.78 is 26.3. The summed E-state index contributed by atoms with van der Waals surface area (Å²) in [5.74, 6) is -1.08. The van der Waals surface area contributed by atoms with Crippen LogP contribution in [0.2, 0.25) is 0 Å². The second-order valence-corrected chi connectivity index (χ2v) is 7.39. The Balaban J connectivity index is 2.43. The summed E-state index contributed by atoms with van der Waals surface area (Å²) in [7, 11) is -3.55. The van der Waals surface area contributed by atoms with E-state index >= 15 is 0 Å². The number of aryl methyl sites for hydroxylation is 1. The molecule has 1 aliphatic carbocycles. The molecule has 0 bridgehead atoms. The van der Waals surface area contributed by atoms with Gasteiger partial charge in [0.25, 0.3) is 0 Å². The van der Waals surface area contributed by atoms with E-state index in [0.29, 0.717) is 11.4 Å². The molecule has 18 heavy (non-hydrogen) atoms. The summed E-state index contributed by atoms with van der Waals surface area (Å²) in [5.41, 5.74) is 0. The summed E-state index contributed by atoms with van der Waals surface area (Å²) in [6, 6.07) is 1.36. The van der Waals surface area contributed by atoms with E-state index in [1.807, 2.05) is 0 Å². The molecule has 0 amide bonds. The first-order chi connectivity index (χ1) is 8.37. The number of nitrogens with zero attached hydrogens (tertiary/aromatic N) is 1. The maximum atomic E-state index is 12.4. The highest BCUT2D eigenvalue weighted by Crippen LogP contribution is 2.35. The van der Waals surface area contributed by atoms with Crippen LogP contribution in [0, 0.1) is 6.92 Å². The Morgan fingerprint density at radius 1 is 1.56 bits per heavy atom. The molecule has 1 saturated carbocycles. The van der Waals surface area contributed by atoms with Gasteiger partial charge < -0.3 is 5.11 Å². The van der Waals surface area contributed by atoms with Crippen molar-refractivity contribution >= 4 is 27.3 Å². The van der Waals surface area contributed by atoms with Gasteiger partial charge in [-0.1, -0.05) is 6.92 Å². The Labute approximate surface area is 110 Å². The molecule has 2 rings (SSSR count). The predicted molar refractivity (Wildman–Crippen MR) is 68.6 cm³/mol. The normalized spacial score (nSPS) is 16.2. The topological polar surface area (TPSA) is 74.7 Å². The third-order valence-electron chi connectivity index (χ3n) is 2.94. The number of sulfonamides is 1. The molecule has 0 radical (unpaired) electrons. The van der Waals surface area contributed by atoms with Crippen molar-refractivity contribution in [1.82, 2.24) is 4.31 Å². The van der Waals surface area contributed by atoms with E-state index in [4.69, 9.17) is 5.11 Å². The van der Waals surface area contributed by atoms with Crippen molar-refractivity contribution in [3.8, 4) is 0 Å². The molecular weight excluding hydrogens is 274 g/mol. The minimum atomic E-state index is -3.55. The lowest BCUT2D eigenvalue weighted by Crippen LogP contribution is -2.33. The predicted octanol–water partition coefficient (Wildman–Crippen LogP) is 1.93. The van der Waals surface area contributed by atoms with Crippen molar-refractivity contribution in [2.45, 2.75) is 37.6 Å². The lowest BCUT2D eigenvalue weighted by molar-refractivity contribution is 0.0702. The van der Waals surface area contributed by atoms with Gasteiger partial charge in [-0.25, -0.2) is 13.2 Å². The van der Waals surface area contributed by atoms with Gasteiger partial charge in [-0.2, -0.15) is 4.31 Å². The van der Waals surface area contributed by atoms with Crippen molar-refractivity contribution in [2.24, 2.45) is 0 Å². The van der Waals surface area contributed by atoms with E-state index in [2.05, 4.69) is 0 Å². The lowest BCUT2D eigenvalue weighted by atomic mass is 10.4. The minimum absolute atomic E-state index is 0.0675. The number of hydrogen-bond donors (Lipinski definition) is 1. The molecular formula is C11H15NO4S2. The van der Waals surface area contributed by atoms with Gasteiger partial charge in [-0.05, 0) is 25.8 Å². The van der Waals surface area contributed by atoms with Crippen LogP contribution in [-0.2, 0) is 10.0 Å². The van der Waals surface area contributed by atoms with E-state index in [0.717, 1.165) is 24.2 Å². The molecule has 5 nitrogen and oxygen atoms in total. The molecule has 1 fully saturated rings. The average molecular weight is 289 g/mol. The Bertz CT molecular complexity index is 572. The van der Waals surface area contributed by atoms with E-state index in [1.54, 1.807) is 13.8 Å². The Hall–Kier alpha value is -0.920. The molecule has 1 heterocycles. The third-order valence-corrected chi connectivity index (χ3v) is 6.26. The molecule has 1 aliphatic rings. The average Bonchev–Trinajstić information content (AvgIpc) is 3.00. The molecule has 0 saturated heterocycles. The fraction of sp³-hybridized carbons (Fsp3) is 0.545. The fourth-order valence-corrected chi connectivity index (χ4v) is 5.04. The van der Waals surface area contributed by atoms with Crippen LogP contribution in [0.25, 0.3) is 0 Å². The van der Waals surface area contributed by atoms with Gasteiger partial charge >= 0.3 is 5.97 Å². The molecule has 7 heteroatoms. The number of hydrogen-bond acceptors (Lipinski definition) is 4. The molecule has 0 aliphatic heterocycles. The van der Waals surface area contributed by atoms with E-state index in [-0.39, 0.29) is 15.8 Å². The van der Waals surface area contributed by atoms with Crippen LogP contribution in [0.1, 0.15) is 34.3 Å². The zero-order chi connectivity index (χ0) is 13.5. The quantitative estimate of drug-likeness (QED) is 0.898. The monoisotopic (exact) mass is 289 g/mol. The highest BCUT2D eigenvalue weighted by atomic mass is 32.2. The van der Waals surface area contributed by atoms with Crippen molar-refractivity contribution in [2.75, 3.05) is 6.54 Å². The van der Waals surface area contributed by atoms with Crippen molar-refractivity contribution in [1.29, 1.82) is 0 Å². The molecule has 0 aromatic carbocycles. The third kappa shape index (κ3) is 2.30. The number of carboxylic acid groups (broad SMARTS) is 1. The van der Waals surface area contributed by atoms with Crippen LogP contribution in [0.4, 0.5) is 0 Å². The van der Waals surface area contributed by atoms with Gasteiger partial charge in [-0.3, -0.25) is 0 Å². The summed E-state index contributed by atoms with van der Waals surface area (Å²) in [5, 5.41) is 8.91. The zero-order valence-corrected chi connectivity index (χ0v) is 11.8. The summed E-state index contributed by atoms with van der Waals surface area (Å²) in [6.45, 7) is 3.87. The van der Waals surface area contributed by atoms with Gasteiger partial charge in [-0.15, -0.1) is 11.3 Å². The summed E-state index contributed by atoms with van der Waals surface area (Å²) >= 11 is 1.00. The minimum Gasteiger partial charge on any atom is -0.477 e. The van der Waals surface area contributed by atoms with Crippen molar-refractivity contribution < 1.29 is 18.3 Å². The second kappa shape index (κ2) is 4.64. The van der Waals surface area contributed by atoms with Gasteiger partial charge in [0, 0.05) is 17.5 Å². The van der Waals surface area contributed by atoms with Crippen LogP contribution in [0.3, 0.4) is 0 Å². The smallest absolute Gasteiger partial charge is 0.345 e. The van der Waals surface area contributed by atoms with Crippen LogP contribution >= 0.6 is 11.3 Å². The van der Waals surface area contributed by atoms with Gasteiger partial charge in [0.15, 0.2) is 0 Å². The maximum Gasteiger partial charge on any atom is 0.345 e. The van der Waals surface area contributed by atoms with Gasteiger partial charge in [0.05, 0.1) is 4.90 Å². The number of thiophene rings is 1. The number of carbonyl (C=O) groups is 1. The first kappa shape index (κ1) is 13.5. The summed E-state index contributed by atoms with van der Waals surface area (Å²) in [4.78, 5) is 11.6. The highest BCUT2D eigenvalue weighted by Gasteiger charge is 2.38. The highest BCUT2D eigenvalue weighted by molar-refractivity contribution is 7.89. The first-order valence-electron chi connectivity index (χ1n) is 5.73. The van der Waals surface area contributed by atoms with Crippen LogP contribution in [0.5, 0.6) is 0 Å². The molecule has 1 aromatic rings. The standard InChI is InChI=1S/C11H15NO4S2/c1-3-12(8-4-5-8)18(15,16)10-6-9(11(13)14)17-7(10)2/h6,8H,3-5H2,1-2H3,(H,13,14). The number of aromatic carboxylic acids is 1. The van der Waals surface area contributed by atoms with Crippen molar-refractivity contribution in [3.63, 3.8) is 0 Å². The molecule has 1 N–H and O–H groups in total. The maximum absolute atomic E-state index is 12.4. The Morgan fingerprint density at radius 2 is 2.17 bits per heavy atom. The molecule has 100 valence electrons. The molecule has 0 atom stereocenters. The van der Waals surface area contributed by atoms with Crippen LogP contribution in [0.15, 0.2) is 11.0 Å². The van der Waals surface area contributed by atoms with Crippen LogP contribution in [-0.4, -0.2) is 36.4 Å². The van der Waals surface area contributed by atoms with Crippen LogP contribution < -0.4 is 0 Å². The lowest BCUT2D eigenvalue weighted by Gasteiger charge is -2.19. The fourth-order valence-electron chi connectivity index (χ4n) is 1.94. The number of rotatable bonds is 5. The van der Waals surface area contributed by atoms with E-state index in [1.165, 1.54) is 10.4 Å². The van der Waals surface area contributed by atoms with E-state index in [9.17, 15) is 13.2 Å². The van der Waals surface area contributed by atoms with E-state index < -0.39 is 16.0 Å². The molecule has 0 unspecified atom stereocenters. The van der Waals surface area contributed by atoms with Crippen molar-refractivity contribution in [3.05, 3.63) is 15.8 Å². The SMILES string of the molecule is CCN(C1CC1)S(=O)(=O)c1cc(C(=O)O)sc1C. The molecule has 0 spiro atoms. The largest absolute Gasteiger partial charge is 0.477 e. The number of carboxylic acids is 1. The molecule has 1 aromatic heterocycles. The first-order valence-corrected chi connectivity index (χ1v) is 7.99. The Morgan fingerprint density at radius 3 is 2.56 bits per heavy atom.